The van der Waals surface area contributed by atoms with Crippen molar-refractivity contribution >= 4 is 17.7 Å². The summed E-state index contributed by atoms with van der Waals surface area (Å²) in [5.41, 5.74) is 1.74. The van der Waals surface area contributed by atoms with Crippen molar-refractivity contribution in [1.82, 2.24) is 9.80 Å². The standard InChI is InChI=1S/C17H23N3O3/c1-18(2)15-5-3-4-13(12-15)16(21)19-8-6-14(7-9-19)20-10-11-23-17(20)22/h3-5,12,14H,6-11H2,1-2H3. The average Bonchev–Trinajstić information content (AvgIpc) is 3.00. The predicted molar refractivity (Wildman–Crippen MR) is 87.7 cm³/mol. The van der Waals surface area contributed by atoms with Gasteiger partial charge in [0.25, 0.3) is 5.91 Å². The van der Waals surface area contributed by atoms with Crippen LogP contribution in [0.25, 0.3) is 0 Å². The number of anilines is 1. The predicted octanol–water partition coefficient (Wildman–Crippen LogP) is 1.81. The van der Waals surface area contributed by atoms with Gasteiger partial charge in [-0.3, -0.25) is 4.79 Å². The van der Waals surface area contributed by atoms with Crippen molar-refractivity contribution in [3.8, 4) is 0 Å². The normalized spacial score (nSPS) is 19.0. The molecule has 0 saturated carbocycles. The van der Waals surface area contributed by atoms with Gasteiger partial charge < -0.3 is 19.4 Å². The van der Waals surface area contributed by atoms with Crippen LogP contribution in [0.4, 0.5) is 10.5 Å². The fourth-order valence-corrected chi connectivity index (χ4v) is 3.22. The summed E-state index contributed by atoms with van der Waals surface area (Å²) in [5, 5.41) is 0. The molecule has 0 atom stereocenters. The number of likely N-dealkylation sites (tertiary alicyclic amines) is 1. The number of nitrogens with zero attached hydrogens (tertiary/aromatic N) is 3. The highest BCUT2D eigenvalue weighted by atomic mass is 16.6. The second-order valence-electron chi connectivity index (χ2n) is 6.28. The van der Waals surface area contributed by atoms with Crippen molar-refractivity contribution in [3.63, 3.8) is 0 Å². The van der Waals surface area contributed by atoms with Gasteiger partial charge in [0.1, 0.15) is 6.61 Å². The molecule has 23 heavy (non-hydrogen) atoms. The monoisotopic (exact) mass is 317 g/mol. The molecule has 1 aromatic carbocycles. The quantitative estimate of drug-likeness (QED) is 0.853. The van der Waals surface area contributed by atoms with Crippen LogP contribution in [0.3, 0.4) is 0 Å². The molecule has 0 bridgehead atoms. The van der Waals surface area contributed by atoms with Crippen LogP contribution in [0, 0.1) is 0 Å². The number of carbonyl (C=O) groups excluding carboxylic acids is 2. The summed E-state index contributed by atoms with van der Waals surface area (Å²) >= 11 is 0. The van der Waals surface area contributed by atoms with Gasteiger partial charge in [-0.15, -0.1) is 0 Å². The maximum atomic E-state index is 12.7. The smallest absolute Gasteiger partial charge is 0.410 e. The SMILES string of the molecule is CN(C)c1cccc(C(=O)N2CCC(N3CCOC3=O)CC2)c1. The first-order valence-electron chi connectivity index (χ1n) is 8.06. The van der Waals surface area contributed by atoms with Crippen LogP contribution in [0.1, 0.15) is 23.2 Å². The van der Waals surface area contributed by atoms with Crippen LogP contribution < -0.4 is 4.90 Å². The Labute approximate surface area is 136 Å². The summed E-state index contributed by atoms with van der Waals surface area (Å²) in [5.74, 6) is 0.0659. The van der Waals surface area contributed by atoms with E-state index in [2.05, 4.69) is 0 Å². The highest BCUT2D eigenvalue weighted by molar-refractivity contribution is 5.95. The van der Waals surface area contributed by atoms with Crippen molar-refractivity contribution in [2.24, 2.45) is 0 Å². The third-order valence-electron chi connectivity index (χ3n) is 4.59. The maximum Gasteiger partial charge on any atom is 0.410 e. The molecule has 2 amide bonds. The van der Waals surface area contributed by atoms with Crippen LogP contribution in [0.5, 0.6) is 0 Å². The number of cyclic esters (lactones) is 1. The van der Waals surface area contributed by atoms with Crippen LogP contribution in [0.2, 0.25) is 0 Å². The van der Waals surface area contributed by atoms with Gasteiger partial charge in [-0.2, -0.15) is 0 Å². The van der Waals surface area contributed by atoms with E-state index in [0.717, 1.165) is 24.1 Å². The molecular formula is C17H23N3O3. The van der Waals surface area contributed by atoms with E-state index in [9.17, 15) is 9.59 Å². The van der Waals surface area contributed by atoms with E-state index in [-0.39, 0.29) is 18.0 Å². The summed E-state index contributed by atoms with van der Waals surface area (Å²) in [4.78, 5) is 30.0. The van der Waals surface area contributed by atoms with Crippen molar-refractivity contribution in [2.75, 3.05) is 45.2 Å². The van der Waals surface area contributed by atoms with E-state index < -0.39 is 0 Å². The molecular weight excluding hydrogens is 294 g/mol. The lowest BCUT2D eigenvalue weighted by molar-refractivity contribution is 0.0658. The first kappa shape index (κ1) is 15.6. The Kier molecular flexibility index (Phi) is 4.41. The van der Waals surface area contributed by atoms with Gasteiger partial charge in [0.2, 0.25) is 0 Å². The van der Waals surface area contributed by atoms with Gasteiger partial charge in [-0.1, -0.05) is 6.07 Å². The van der Waals surface area contributed by atoms with Crippen molar-refractivity contribution in [1.29, 1.82) is 0 Å². The number of benzene rings is 1. The van der Waals surface area contributed by atoms with Gasteiger partial charge in [0.15, 0.2) is 0 Å². The second kappa shape index (κ2) is 6.48. The highest BCUT2D eigenvalue weighted by Crippen LogP contribution is 2.22. The van der Waals surface area contributed by atoms with Crippen molar-refractivity contribution in [2.45, 2.75) is 18.9 Å². The van der Waals surface area contributed by atoms with E-state index in [4.69, 9.17) is 4.74 Å². The zero-order valence-corrected chi connectivity index (χ0v) is 13.7. The van der Waals surface area contributed by atoms with Crippen molar-refractivity contribution in [3.05, 3.63) is 29.8 Å². The Balaban J connectivity index is 1.62. The van der Waals surface area contributed by atoms with E-state index in [1.54, 1.807) is 4.90 Å². The first-order valence-corrected chi connectivity index (χ1v) is 8.06. The summed E-state index contributed by atoms with van der Waals surface area (Å²) < 4.78 is 5.00. The maximum absolute atomic E-state index is 12.7. The topological polar surface area (TPSA) is 53.1 Å². The van der Waals surface area contributed by atoms with Gasteiger partial charge in [0, 0.05) is 44.5 Å². The van der Waals surface area contributed by atoms with Crippen LogP contribution in [-0.4, -0.2) is 68.2 Å². The highest BCUT2D eigenvalue weighted by Gasteiger charge is 2.33. The molecule has 2 saturated heterocycles. The molecule has 0 spiro atoms. The fraction of sp³-hybridized carbons (Fsp3) is 0.529. The Morgan fingerprint density at radius 2 is 1.96 bits per heavy atom. The number of piperidine rings is 1. The van der Waals surface area contributed by atoms with E-state index in [1.807, 2.05) is 48.2 Å². The van der Waals surface area contributed by atoms with Gasteiger partial charge >= 0.3 is 6.09 Å². The van der Waals surface area contributed by atoms with Gasteiger partial charge in [-0.05, 0) is 31.0 Å². The Morgan fingerprint density at radius 1 is 1.22 bits per heavy atom. The van der Waals surface area contributed by atoms with Crippen molar-refractivity contribution < 1.29 is 14.3 Å². The molecule has 0 aromatic heterocycles. The number of hydrogen-bond acceptors (Lipinski definition) is 4. The summed E-state index contributed by atoms with van der Waals surface area (Å²) in [6.45, 7) is 2.51. The first-order chi connectivity index (χ1) is 11.1. The molecule has 2 aliphatic heterocycles. The minimum atomic E-state index is -0.214. The molecule has 1 aromatic rings. The second-order valence-corrected chi connectivity index (χ2v) is 6.28. The third-order valence-corrected chi connectivity index (χ3v) is 4.59. The molecule has 0 unspecified atom stereocenters. The van der Waals surface area contributed by atoms with E-state index in [0.29, 0.717) is 26.2 Å². The Bertz CT molecular complexity index is 595. The van der Waals surface area contributed by atoms with E-state index >= 15 is 0 Å². The van der Waals surface area contributed by atoms with Crippen LogP contribution in [-0.2, 0) is 4.74 Å². The molecule has 3 rings (SSSR count). The molecule has 6 nitrogen and oxygen atoms in total. The van der Waals surface area contributed by atoms with E-state index in [1.165, 1.54) is 0 Å². The third kappa shape index (κ3) is 3.25. The zero-order valence-electron chi connectivity index (χ0n) is 13.7. The average molecular weight is 317 g/mol. The lowest BCUT2D eigenvalue weighted by Crippen LogP contribution is -2.47. The van der Waals surface area contributed by atoms with Gasteiger partial charge in [0.05, 0.1) is 6.54 Å². The number of amides is 2. The molecule has 2 fully saturated rings. The molecule has 0 radical (unpaired) electrons. The summed E-state index contributed by atoms with van der Waals surface area (Å²) in [6, 6.07) is 7.88. The zero-order chi connectivity index (χ0) is 16.4. The van der Waals surface area contributed by atoms with Crippen LogP contribution in [0.15, 0.2) is 24.3 Å². The number of carbonyl (C=O) groups is 2. The fourth-order valence-electron chi connectivity index (χ4n) is 3.22. The summed E-state index contributed by atoms with van der Waals surface area (Å²) in [6.07, 6.45) is 1.41. The molecule has 2 aliphatic rings. The number of rotatable bonds is 3. The number of ether oxygens (including phenoxy) is 1. The molecule has 0 aliphatic carbocycles. The Hall–Kier alpha value is -2.24. The number of hydrogen-bond donors (Lipinski definition) is 0. The van der Waals surface area contributed by atoms with Crippen LogP contribution >= 0.6 is 0 Å². The molecule has 0 N–H and O–H groups in total. The van der Waals surface area contributed by atoms with Gasteiger partial charge in [-0.25, -0.2) is 4.79 Å². The lowest BCUT2D eigenvalue weighted by atomic mass is 10.0. The summed E-state index contributed by atoms with van der Waals surface area (Å²) in [7, 11) is 3.93. The Morgan fingerprint density at radius 3 is 2.57 bits per heavy atom. The lowest BCUT2D eigenvalue weighted by Gasteiger charge is -2.35. The molecule has 124 valence electrons. The minimum Gasteiger partial charge on any atom is -0.448 e. The largest absolute Gasteiger partial charge is 0.448 e. The minimum absolute atomic E-state index is 0.0659. The molecule has 6 heteroatoms. The molecule has 2 heterocycles.